The zero-order valence-electron chi connectivity index (χ0n) is 11.4. The number of rotatable bonds is 2. The second-order valence-electron chi connectivity index (χ2n) is 6.66. The summed E-state index contributed by atoms with van der Waals surface area (Å²) in [6.45, 7) is 9.84. The van der Waals surface area contributed by atoms with Crippen LogP contribution in [0.25, 0.3) is 0 Å². The van der Waals surface area contributed by atoms with Crippen molar-refractivity contribution in [2.75, 3.05) is 13.1 Å². The SMILES string of the molecule is CCCC1CNCCC12CC(C)CC(C)C2. The Kier molecular flexibility index (Phi) is 3.94. The molecule has 2 rings (SSSR count). The Morgan fingerprint density at radius 3 is 2.50 bits per heavy atom. The van der Waals surface area contributed by atoms with Gasteiger partial charge in [-0.05, 0) is 68.4 Å². The van der Waals surface area contributed by atoms with Gasteiger partial charge in [-0.15, -0.1) is 0 Å². The molecule has 0 aromatic carbocycles. The normalized spacial score (nSPS) is 44.8. The van der Waals surface area contributed by atoms with E-state index in [-0.39, 0.29) is 0 Å². The first-order valence-electron chi connectivity index (χ1n) is 7.37. The molecule has 1 N–H and O–H groups in total. The Labute approximate surface area is 101 Å². The third-order valence-electron chi connectivity index (χ3n) is 5.01. The van der Waals surface area contributed by atoms with Gasteiger partial charge in [0.25, 0.3) is 0 Å². The predicted molar refractivity (Wildman–Crippen MR) is 70.5 cm³/mol. The van der Waals surface area contributed by atoms with Crippen molar-refractivity contribution in [1.82, 2.24) is 5.32 Å². The molecule has 1 spiro atoms. The molecule has 0 aromatic rings. The summed E-state index contributed by atoms with van der Waals surface area (Å²) in [5, 5.41) is 3.62. The van der Waals surface area contributed by atoms with Gasteiger partial charge in [-0.3, -0.25) is 0 Å². The predicted octanol–water partition coefficient (Wildman–Crippen LogP) is 3.84. The first-order chi connectivity index (χ1) is 7.66. The van der Waals surface area contributed by atoms with Crippen molar-refractivity contribution in [3.63, 3.8) is 0 Å². The van der Waals surface area contributed by atoms with Crippen LogP contribution in [0.2, 0.25) is 0 Å². The standard InChI is InChI=1S/C15H29N/c1-4-5-14-11-16-7-6-15(14)9-12(2)8-13(3)10-15/h12-14,16H,4-11H2,1-3H3. The van der Waals surface area contributed by atoms with E-state index >= 15 is 0 Å². The van der Waals surface area contributed by atoms with E-state index in [1.54, 1.807) is 0 Å². The molecule has 0 aromatic heterocycles. The van der Waals surface area contributed by atoms with E-state index < -0.39 is 0 Å². The Bertz CT molecular complexity index is 211. The second kappa shape index (κ2) is 5.08. The van der Waals surface area contributed by atoms with Crippen LogP contribution in [-0.4, -0.2) is 13.1 Å². The molecule has 1 saturated carbocycles. The van der Waals surface area contributed by atoms with Crippen molar-refractivity contribution >= 4 is 0 Å². The molecule has 2 fully saturated rings. The van der Waals surface area contributed by atoms with Gasteiger partial charge >= 0.3 is 0 Å². The topological polar surface area (TPSA) is 12.0 Å². The van der Waals surface area contributed by atoms with E-state index in [1.807, 2.05) is 0 Å². The second-order valence-corrected chi connectivity index (χ2v) is 6.66. The van der Waals surface area contributed by atoms with Crippen molar-refractivity contribution in [1.29, 1.82) is 0 Å². The van der Waals surface area contributed by atoms with Gasteiger partial charge in [0.05, 0.1) is 0 Å². The van der Waals surface area contributed by atoms with Gasteiger partial charge in [0.2, 0.25) is 0 Å². The summed E-state index contributed by atoms with van der Waals surface area (Å²) in [7, 11) is 0. The summed E-state index contributed by atoms with van der Waals surface area (Å²) >= 11 is 0. The summed E-state index contributed by atoms with van der Waals surface area (Å²) in [5.74, 6) is 2.87. The molecule has 3 atom stereocenters. The Morgan fingerprint density at radius 2 is 1.88 bits per heavy atom. The Balaban J connectivity index is 2.11. The fourth-order valence-electron chi connectivity index (χ4n) is 4.65. The smallest absolute Gasteiger partial charge is 0.00152 e. The summed E-state index contributed by atoms with van der Waals surface area (Å²) in [4.78, 5) is 0. The van der Waals surface area contributed by atoms with E-state index in [4.69, 9.17) is 0 Å². The lowest BCUT2D eigenvalue weighted by molar-refractivity contribution is 0.00895. The lowest BCUT2D eigenvalue weighted by Gasteiger charge is -2.51. The van der Waals surface area contributed by atoms with Gasteiger partial charge in [-0.1, -0.05) is 27.2 Å². The average molecular weight is 223 g/mol. The van der Waals surface area contributed by atoms with Gasteiger partial charge in [0.1, 0.15) is 0 Å². The molecule has 1 aliphatic heterocycles. The zero-order chi connectivity index (χ0) is 11.6. The third kappa shape index (κ3) is 2.45. The molecule has 1 heterocycles. The first-order valence-corrected chi connectivity index (χ1v) is 7.37. The molecule has 3 unspecified atom stereocenters. The Hall–Kier alpha value is -0.0400. The molecule has 1 nitrogen and oxygen atoms in total. The van der Waals surface area contributed by atoms with Crippen LogP contribution in [0, 0.1) is 23.2 Å². The number of hydrogen-bond acceptors (Lipinski definition) is 1. The molecule has 0 radical (unpaired) electrons. The summed E-state index contributed by atoms with van der Waals surface area (Å²) in [5.41, 5.74) is 0.707. The Morgan fingerprint density at radius 1 is 1.19 bits per heavy atom. The average Bonchev–Trinajstić information content (AvgIpc) is 2.20. The van der Waals surface area contributed by atoms with Crippen LogP contribution < -0.4 is 5.32 Å². The third-order valence-corrected chi connectivity index (χ3v) is 5.01. The van der Waals surface area contributed by atoms with Crippen molar-refractivity contribution in [3.8, 4) is 0 Å². The maximum absolute atomic E-state index is 3.62. The van der Waals surface area contributed by atoms with Crippen LogP contribution >= 0.6 is 0 Å². The van der Waals surface area contributed by atoms with Gasteiger partial charge < -0.3 is 5.32 Å². The highest BCUT2D eigenvalue weighted by atomic mass is 14.9. The number of piperidine rings is 1. The van der Waals surface area contributed by atoms with Gasteiger partial charge in [0.15, 0.2) is 0 Å². The van der Waals surface area contributed by atoms with Crippen LogP contribution in [-0.2, 0) is 0 Å². The summed E-state index contributed by atoms with van der Waals surface area (Å²) in [6.07, 6.45) is 8.71. The van der Waals surface area contributed by atoms with Crippen molar-refractivity contribution < 1.29 is 0 Å². The molecule has 0 amide bonds. The molecule has 2 aliphatic rings. The molecule has 1 aliphatic carbocycles. The monoisotopic (exact) mass is 223 g/mol. The fraction of sp³-hybridized carbons (Fsp3) is 1.00. The minimum atomic E-state index is 0.707. The molecule has 0 bridgehead atoms. The maximum Gasteiger partial charge on any atom is -0.00152 e. The molecular weight excluding hydrogens is 194 g/mol. The minimum Gasteiger partial charge on any atom is -0.316 e. The van der Waals surface area contributed by atoms with Gasteiger partial charge in [0, 0.05) is 0 Å². The number of nitrogens with one attached hydrogen (secondary N) is 1. The van der Waals surface area contributed by atoms with Gasteiger partial charge in [-0.2, -0.15) is 0 Å². The van der Waals surface area contributed by atoms with Crippen LogP contribution in [0.1, 0.15) is 59.3 Å². The molecule has 1 saturated heterocycles. The zero-order valence-corrected chi connectivity index (χ0v) is 11.4. The van der Waals surface area contributed by atoms with Crippen molar-refractivity contribution in [2.24, 2.45) is 23.2 Å². The summed E-state index contributed by atoms with van der Waals surface area (Å²) < 4.78 is 0. The van der Waals surface area contributed by atoms with Crippen LogP contribution in [0.15, 0.2) is 0 Å². The van der Waals surface area contributed by atoms with Gasteiger partial charge in [-0.25, -0.2) is 0 Å². The molecule has 1 heteroatoms. The van der Waals surface area contributed by atoms with E-state index in [0.717, 1.165) is 17.8 Å². The van der Waals surface area contributed by atoms with E-state index in [0.29, 0.717) is 5.41 Å². The summed E-state index contributed by atoms with van der Waals surface area (Å²) in [6, 6.07) is 0. The minimum absolute atomic E-state index is 0.707. The molecule has 94 valence electrons. The van der Waals surface area contributed by atoms with E-state index in [1.165, 1.54) is 51.6 Å². The highest BCUT2D eigenvalue weighted by molar-refractivity contribution is 4.96. The largest absolute Gasteiger partial charge is 0.316 e. The highest BCUT2D eigenvalue weighted by Crippen LogP contribution is 2.51. The quantitative estimate of drug-likeness (QED) is 0.750. The van der Waals surface area contributed by atoms with Crippen molar-refractivity contribution in [3.05, 3.63) is 0 Å². The first kappa shape index (κ1) is 12.4. The van der Waals surface area contributed by atoms with E-state index in [9.17, 15) is 0 Å². The lowest BCUT2D eigenvalue weighted by atomic mass is 9.57. The molecular formula is C15H29N. The van der Waals surface area contributed by atoms with Crippen molar-refractivity contribution in [2.45, 2.75) is 59.3 Å². The fourth-order valence-corrected chi connectivity index (χ4v) is 4.65. The van der Waals surface area contributed by atoms with Crippen LogP contribution in [0.3, 0.4) is 0 Å². The molecule has 16 heavy (non-hydrogen) atoms. The van der Waals surface area contributed by atoms with Crippen LogP contribution in [0.4, 0.5) is 0 Å². The maximum atomic E-state index is 3.62. The van der Waals surface area contributed by atoms with Crippen LogP contribution in [0.5, 0.6) is 0 Å². The highest BCUT2D eigenvalue weighted by Gasteiger charge is 2.44. The lowest BCUT2D eigenvalue weighted by Crippen LogP contribution is -2.48. The number of hydrogen-bond donors (Lipinski definition) is 1. The van der Waals surface area contributed by atoms with E-state index in [2.05, 4.69) is 26.1 Å².